The molecule has 2 aromatic heterocycles. The van der Waals surface area contributed by atoms with E-state index in [4.69, 9.17) is 9.47 Å². The number of hydrogen-bond acceptors (Lipinski definition) is 5. The molecule has 0 aromatic carbocycles. The second kappa shape index (κ2) is 5.94. The molecule has 4 rings (SSSR count). The van der Waals surface area contributed by atoms with Crippen molar-refractivity contribution in [2.45, 2.75) is 31.1 Å². The molecular formula is C17H22N4O2. The highest BCUT2D eigenvalue weighted by atomic mass is 16.6. The molecule has 2 aromatic rings. The first-order valence-corrected chi connectivity index (χ1v) is 8.12. The van der Waals surface area contributed by atoms with Crippen molar-refractivity contribution in [1.82, 2.24) is 19.7 Å². The van der Waals surface area contributed by atoms with Crippen LogP contribution in [-0.2, 0) is 18.3 Å². The standard InChI is InChI=1S/C17H22N4O2/c1-20-10-14(9-19-20)11-21-7-5-17(13-21)8-15(12-22-17)23-16-4-2-3-6-18-16/h2-4,6,9-10,15H,5,7-8,11-13H2,1H3/t15-,17+/m0/s1. The molecule has 0 bridgehead atoms. The average molecular weight is 314 g/mol. The van der Waals surface area contributed by atoms with E-state index < -0.39 is 0 Å². The molecule has 2 atom stereocenters. The van der Waals surface area contributed by atoms with Crippen molar-refractivity contribution in [2.24, 2.45) is 7.05 Å². The molecule has 1 spiro atoms. The summed E-state index contributed by atoms with van der Waals surface area (Å²) in [5, 5.41) is 4.24. The third-order valence-corrected chi connectivity index (χ3v) is 4.66. The topological polar surface area (TPSA) is 52.4 Å². The van der Waals surface area contributed by atoms with Gasteiger partial charge in [0.2, 0.25) is 5.88 Å². The first-order valence-electron chi connectivity index (χ1n) is 8.12. The lowest BCUT2D eigenvalue weighted by Crippen LogP contribution is -2.33. The van der Waals surface area contributed by atoms with Gasteiger partial charge in [-0.25, -0.2) is 4.98 Å². The summed E-state index contributed by atoms with van der Waals surface area (Å²) in [6, 6.07) is 5.74. The Labute approximate surface area is 136 Å². The van der Waals surface area contributed by atoms with Crippen molar-refractivity contribution in [1.29, 1.82) is 0 Å². The van der Waals surface area contributed by atoms with Gasteiger partial charge in [-0.1, -0.05) is 6.07 Å². The van der Waals surface area contributed by atoms with E-state index in [1.165, 1.54) is 5.56 Å². The fourth-order valence-corrected chi connectivity index (χ4v) is 3.62. The molecule has 0 N–H and O–H groups in total. The Morgan fingerprint density at radius 1 is 1.43 bits per heavy atom. The maximum absolute atomic E-state index is 6.14. The van der Waals surface area contributed by atoms with Crippen LogP contribution in [0.1, 0.15) is 18.4 Å². The molecule has 122 valence electrons. The summed E-state index contributed by atoms with van der Waals surface area (Å²) >= 11 is 0. The Morgan fingerprint density at radius 2 is 2.39 bits per heavy atom. The highest BCUT2D eigenvalue weighted by molar-refractivity contribution is 5.11. The maximum Gasteiger partial charge on any atom is 0.213 e. The highest BCUT2D eigenvalue weighted by Gasteiger charge is 2.46. The van der Waals surface area contributed by atoms with Crippen LogP contribution in [0.3, 0.4) is 0 Å². The van der Waals surface area contributed by atoms with Crippen molar-refractivity contribution < 1.29 is 9.47 Å². The van der Waals surface area contributed by atoms with E-state index in [1.807, 2.05) is 36.1 Å². The van der Waals surface area contributed by atoms with Crippen LogP contribution < -0.4 is 4.74 Å². The van der Waals surface area contributed by atoms with E-state index >= 15 is 0 Å². The lowest BCUT2D eigenvalue weighted by molar-refractivity contribution is 0.00924. The molecular weight excluding hydrogens is 292 g/mol. The average Bonchev–Trinajstić information content (AvgIpc) is 3.24. The van der Waals surface area contributed by atoms with Gasteiger partial charge in [-0.3, -0.25) is 9.58 Å². The van der Waals surface area contributed by atoms with Gasteiger partial charge in [0, 0.05) is 57.1 Å². The first-order chi connectivity index (χ1) is 11.2. The van der Waals surface area contributed by atoms with Crippen LogP contribution in [0.25, 0.3) is 0 Å². The van der Waals surface area contributed by atoms with E-state index in [2.05, 4.69) is 21.2 Å². The molecule has 0 amide bonds. The lowest BCUT2D eigenvalue weighted by Gasteiger charge is -2.23. The molecule has 0 saturated carbocycles. The predicted molar refractivity (Wildman–Crippen MR) is 85.1 cm³/mol. The predicted octanol–water partition coefficient (Wildman–Crippen LogP) is 1.63. The number of aryl methyl sites for hydroxylation is 1. The number of hydrogen-bond donors (Lipinski definition) is 0. The van der Waals surface area contributed by atoms with Gasteiger partial charge in [0.05, 0.1) is 18.4 Å². The largest absolute Gasteiger partial charge is 0.472 e. The van der Waals surface area contributed by atoms with E-state index in [-0.39, 0.29) is 11.7 Å². The SMILES string of the molecule is Cn1cc(CN2CC[C@@]3(C[C@H](Oc4ccccn4)CO3)C2)cn1. The summed E-state index contributed by atoms with van der Waals surface area (Å²) in [6.45, 7) is 3.61. The Morgan fingerprint density at radius 3 is 3.17 bits per heavy atom. The van der Waals surface area contributed by atoms with Crippen LogP contribution in [0.2, 0.25) is 0 Å². The molecule has 0 aliphatic carbocycles. The van der Waals surface area contributed by atoms with Gasteiger partial charge in [0.25, 0.3) is 0 Å². The van der Waals surface area contributed by atoms with Gasteiger partial charge >= 0.3 is 0 Å². The van der Waals surface area contributed by atoms with E-state index in [0.717, 1.165) is 32.5 Å². The third-order valence-electron chi connectivity index (χ3n) is 4.66. The molecule has 2 saturated heterocycles. The van der Waals surface area contributed by atoms with Crippen molar-refractivity contribution in [3.05, 3.63) is 42.4 Å². The maximum atomic E-state index is 6.14. The minimum absolute atomic E-state index is 0.0539. The molecule has 0 unspecified atom stereocenters. The van der Waals surface area contributed by atoms with Gasteiger partial charge in [-0.2, -0.15) is 5.10 Å². The second-order valence-corrected chi connectivity index (χ2v) is 6.59. The summed E-state index contributed by atoms with van der Waals surface area (Å²) in [4.78, 5) is 6.68. The smallest absolute Gasteiger partial charge is 0.213 e. The minimum atomic E-state index is -0.0539. The van der Waals surface area contributed by atoms with Gasteiger partial charge < -0.3 is 9.47 Å². The zero-order valence-corrected chi connectivity index (χ0v) is 13.4. The summed E-state index contributed by atoms with van der Waals surface area (Å²) in [7, 11) is 1.95. The first kappa shape index (κ1) is 14.7. The number of rotatable bonds is 4. The molecule has 6 heteroatoms. The van der Waals surface area contributed by atoms with Crippen LogP contribution in [0, 0.1) is 0 Å². The van der Waals surface area contributed by atoms with E-state index in [0.29, 0.717) is 12.5 Å². The molecule has 4 heterocycles. The highest BCUT2D eigenvalue weighted by Crippen LogP contribution is 2.36. The molecule has 2 aliphatic rings. The zero-order chi connectivity index (χ0) is 15.7. The second-order valence-electron chi connectivity index (χ2n) is 6.59. The molecule has 6 nitrogen and oxygen atoms in total. The van der Waals surface area contributed by atoms with Crippen LogP contribution in [0.4, 0.5) is 0 Å². The van der Waals surface area contributed by atoms with Gasteiger partial charge in [-0.15, -0.1) is 0 Å². The van der Waals surface area contributed by atoms with E-state index in [9.17, 15) is 0 Å². The van der Waals surface area contributed by atoms with Crippen LogP contribution in [0.15, 0.2) is 36.8 Å². The van der Waals surface area contributed by atoms with Crippen molar-refractivity contribution in [3.63, 3.8) is 0 Å². The normalized spacial score (nSPS) is 27.8. The number of nitrogens with zero attached hydrogens (tertiary/aromatic N) is 4. The zero-order valence-electron chi connectivity index (χ0n) is 13.4. The molecule has 2 fully saturated rings. The number of aromatic nitrogens is 3. The number of pyridine rings is 1. The third kappa shape index (κ3) is 3.23. The summed E-state index contributed by atoms with van der Waals surface area (Å²) < 4.78 is 13.9. The lowest BCUT2D eigenvalue weighted by atomic mass is 9.98. The van der Waals surface area contributed by atoms with Crippen LogP contribution in [0.5, 0.6) is 5.88 Å². The van der Waals surface area contributed by atoms with Gasteiger partial charge in [-0.05, 0) is 12.5 Å². The fraction of sp³-hybridized carbons (Fsp3) is 0.529. The van der Waals surface area contributed by atoms with Gasteiger partial charge in [0.15, 0.2) is 0 Å². The number of likely N-dealkylation sites (tertiary alicyclic amines) is 1. The number of ether oxygens (including phenoxy) is 2. The Bertz CT molecular complexity index is 660. The minimum Gasteiger partial charge on any atom is -0.472 e. The van der Waals surface area contributed by atoms with Crippen molar-refractivity contribution in [2.75, 3.05) is 19.7 Å². The Hall–Kier alpha value is -1.92. The molecule has 0 radical (unpaired) electrons. The van der Waals surface area contributed by atoms with E-state index in [1.54, 1.807) is 6.20 Å². The van der Waals surface area contributed by atoms with Gasteiger partial charge in [0.1, 0.15) is 6.10 Å². The van der Waals surface area contributed by atoms with Crippen LogP contribution >= 0.6 is 0 Å². The monoisotopic (exact) mass is 314 g/mol. The van der Waals surface area contributed by atoms with Crippen molar-refractivity contribution >= 4 is 0 Å². The van der Waals surface area contributed by atoms with Crippen LogP contribution in [-0.4, -0.2) is 51.1 Å². The molecule has 23 heavy (non-hydrogen) atoms. The quantitative estimate of drug-likeness (QED) is 0.858. The summed E-state index contributed by atoms with van der Waals surface area (Å²) in [5.74, 6) is 0.684. The Balaban J connectivity index is 1.34. The fourth-order valence-electron chi connectivity index (χ4n) is 3.62. The summed E-state index contributed by atoms with van der Waals surface area (Å²) in [6.07, 6.45) is 7.87. The summed E-state index contributed by atoms with van der Waals surface area (Å²) in [5.41, 5.74) is 1.20. The molecule has 2 aliphatic heterocycles. The Kier molecular flexibility index (Phi) is 3.79. The van der Waals surface area contributed by atoms with Crippen molar-refractivity contribution in [3.8, 4) is 5.88 Å².